The molecule has 4 rings (SSSR count). The molecule has 0 saturated heterocycles. The van der Waals surface area contributed by atoms with Gasteiger partial charge in [0.15, 0.2) is 5.78 Å². The summed E-state index contributed by atoms with van der Waals surface area (Å²) >= 11 is 1.10. The van der Waals surface area contributed by atoms with E-state index in [1.165, 1.54) is 24.1 Å². The standard InChI is InChI=1S/C17H12F3NO2S/c1-21-10-6-3-2-5-9(10)16(15(21)23)12(14(16)17(18,19)20)13(22)11-7-4-8-24-11/h2-8,12,14H,1H3/t12?,14?,16-/m0/s1. The largest absolute Gasteiger partial charge is 0.393 e. The fraction of sp³-hybridized carbons (Fsp3) is 0.294. The van der Waals surface area contributed by atoms with Crippen LogP contribution in [0.3, 0.4) is 0 Å². The summed E-state index contributed by atoms with van der Waals surface area (Å²) < 4.78 is 41.0. The van der Waals surface area contributed by atoms with E-state index < -0.39 is 35.1 Å². The van der Waals surface area contributed by atoms with Crippen LogP contribution in [0.2, 0.25) is 0 Å². The molecule has 1 aliphatic carbocycles. The van der Waals surface area contributed by atoms with Crippen molar-refractivity contribution in [2.75, 3.05) is 11.9 Å². The maximum absolute atomic E-state index is 13.7. The molecule has 1 aromatic carbocycles. The van der Waals surface area contributed by atoms with Gasteiger partial charge in [0, 0.05) is 12.7 Å². The van der Waals surface area contributed by atoms with Crippen LogP contribution >= 0.6 is 11.3 Å². The Morgan fingerprint density at radius 2 is 1.92 bits per heavy atom. The Kier molecular flexibility index (Phi) is 3.01. The van der Waals surface area contributed by atoms with E-state index in [1.54, 1.807) is 29.6 Å². The second-order valence-corrected chi connectivity index (χ2v) is 7.04. The molecule has 1 amide bonds. The molecule has 24 heavy (non-hydrogen) atoms. The first-order chi connectivity index (χ1) is 11.3. The fourth-order valence-electron chi connectivity index (χ4n) is 3.98. The quantitative estimate of drug-likeness (QED) is 0.775. The third kappa shape index (κ3) is 1.73. The van der Waals surface area contributed by atoms with Gasteiger partial charge in [-0.2, -0.15) is 13.2 Å². The number of likely N-dealkylation sites (N-methyl/N-ethyl adjacent to an activating group) is 1. The van der Waals surface area contributed by atoms with E-state index in [2.05, 4.69) is 0 Å². The number of ketones is 1. The monoisotopic (exact) mass is 351 g/mol. The number of hydrogen-bond donors (Lipinski definition) is 0. The highest BCUT2D eigenvalue weighted by Gasteiger charge is 2.84. The van der Waals surface area contributed by atoms with Crippen LogP contribution in [-0.4, -0.2) is 24.9 Å². The number of carbonyl (C=O) groups is 2. The lowest BCUT2D eigenvalue weighted by atomic mass is 9.92. The van der Waals surface area contributed by atoms with E-state index in [9.17, 15) is 22.8 Å². The van der Waals surface area contributed by atoms with Gasteiger partial charge in [-0.3, -0.25) is 9.59 Å². The Balaban J connectivity index is 1.90. The van der Waals surface area contributed by atoms with Crippen molar-refractivity contribution in [3.63, 3.8) is 0 Å². The van der Waals surface area contributed by atoms with Gasteiger partial charge in [0.2, 0.25) is 5.91 Å². The molecule has 2 aliphatic rings. The molecule has 124 valence electrons. The van der Waals surface area contributed by atoms with Crippen molar-refractivity contribution >= 4 is 28.7 Å². The number of alkyl halides is 3. The SMILES string of the molecule is CN1C(=O)[C@@]2(c3ccccc31)C(C(=O)c1cccs1)C2C(F)(F)F. The Morgan fingerprint density at radius 3 is 2.54 bits per heavy atom. The van der Waals surface area contributed by atoms with Crippen LogP contribution in [0.25, 0.3) is 0 Å². The van der Waals surface area contributed by atoms with E-state index in [1.807, 2.05) is 0 Å². The minimum absolute atomic E-state index is 0.256. The summed E-state index contributed by atoms with van der Waals surface area (Å²) in [4.78, 5) is 26.9. The van der Waals surface area contributed by atoms with Crippen LogP contribution in [0.15, 0.2) is 41.8 Å². The molecule has 1 aromatic heterocycles. The molecule has 1 aliphatic heterocycles. The number of nitrogens with zero attached hydrogens (tertiary/aromatic N) is 1. The molecule has 0 bridgehead atoms. The number of thiophene rings is 1. The Morgan fingerprint density at radius 1 is 1.21 bits per heavy atom. The highest BCUT2D eigenvalue weighted by atomic mass is 32.1. The summed E-state index contributed by atoms with van der Waals surface area (Å²) in [6.45, 7) is 0. The molecule has 1 spiro atoms. The van der Waals surface area contributed by atoms with Gasteiger partial charge in [-0.25, -0.2) is 0 Å². The molecule has 3 atom stereocenters. The summed E-state index contributed by atoms with van der Waals surface area (Å²) in [7, 11) is 1.45. The van der Waals surface area contributed by atoms with Crippen molar-refractivity contribution in [2.24, 2.45) is 11.8 Å². The molecule has 1 saturated carbocycles. The van der Waals surface area contributed by atoms with Crippen molar-refractivity contribution in [2.45, 2.75) is 11.6 Å². The summed E-state index contributed by atoms with van der Waals surface area (Å²) in [5.41, 5.74) is -1.07. The van der Waals surface area contributed by atoms with Gasteiger partial charge in [0.1, 0.15) is 0 Å². The predicted octanol–water partition coefficient (Wildman–Crippen LogP) is 3.65. The van der Waals surface area contributed by atoms with Gasteiger partial charge >= 0.3 is 6.18 Å². The van der Waals surface area contributed by atoms with E-state index >= 15 is 0 Å². The number of amides is 1. The molecule has 3 nitrogen and oxygen atoms in total. The summed E-state index contributed by atoms with van der Waals surface area (Å²) in [5.74, 6) is -4.63. The average molecular weight is 351 g/mol. The van der Waals surface area contributed by atoms with Crippen LogP contribution < -0.4 is 4.90 Å². The second-order valence-electron chi connectivity index (χ2n) is 6.09. The number of carbonyl (C=O) groups excluding carboxylic acids is 2. The lowest BCUT2D eigenvalue weighted by Crippen LogP contribution is -2.33. The highest BCUT2D eigenvalue weighted by molar-refractivity contribution is 7.12. The normalized spacial score (nSPS) is 28.3. The van der Waals surface area contributed by atoms with Gasteiger partial charge < -0.3 is 4.90 Å². The van der Waals surface area contributed by atoms with Crippen molar-refractivity contribution in [1.29, 1.82) is 0 Å². The minimum Gasteiger partial charge on any atom is -0.314 e. The Bertz CT molecular complexity index is 846. The second kappa shape index (κ2) is 4.69. The maximum atomic E-state index is 13.7. The van der Waals surface area contributed by atoms with Crippen LogP contribution in [-0.2, 0) is 10.2 Å². The molecule has 1 fully saturated rings. The number of para-hydroxylation sites is 1. The smallest absolute Gasteiger partial charge is 0.314 e. The van der Waals surface area contributed by atoms with Crippen molar-refractivity contribution in [3.8, 4) is 0 Å². The molecule has 7 heteroatoms. The number of hydrogen-bond acceptors (Lipinski definition) is 3. The molecular weight excluding hydrogens is 339 g/mol. The predicted molar refractivity (Wildman–Crippen MR) is 83.2 cm³/mol. The van der Waals surface area contributed by atoms with Crippen molar-refractivity contribution < 1.29 is 22.8 Å². The first kappa shape index (κ1) is 15.4. The van der Waals surface area contributed by atoms with Crippen molar-refractivity contribution in [1.82, 2.24) is 0 Å². The fourth-order valence-corrected chi connectivity index (χ4v) is 4.69. The maximum Gasteiger partial charge on any atom is 0.393 e. The molecule has 2 heterocycles. The third-order valence-corrected chi connectivity index (χ3v) is 5.86. The van der Waals surface area contributed by atoms with Gasteiger partial charge in [-0.05, 0) is 23.1 Å². The Labute approximate surface area is 139 Å². The van der Waals surface area contributed by atoms with Gasteiger partial charge in [0.05, 0.1) is 22.1 Å². The molecule has 2 aromatic rings. The molecule has 0 N–H and O–H groups in total. The number of rotatable bonds is 2. The van der Waals surface area contributed by atoms with Crippen LogP contribution in [0.1, 0.15) is 15.2 Å². The molecular formula is C17H12F3NO2S. The van der Waals surface area contributed by atoms with Crippen LogP contribution in [0, 0.1) is 11.8 Å². The lowest BCUT2D eigenvalue weighted by Gasteiger charge is -2.12. The van der Waals surface area contributed by atoms with E-state index in [0.717, 1.165) is 11.3 Å². The van der Waals surface area contributed by atoms with Crippen molar-refractivity contribution in [3.05, 3.63) is 52.2 Å². The van der Waals surface area contributed by atoms with Gasteiger partial charge in [0.25, 0.3) is 0 Å². The zero-order valence-corrected chi connectivity index (χ0v) is 13.3. The first-order valence-electron chi connectivity index (χ1n) is 7.33. The minimum atomic E-state index is -4.62. The van der Waals surface area contributed by atoms with E-state index in [-0.39, 0.29) is 4.88 Å². The van der Waals surface area contributed by atoms with Crippen LogP contribution in [0.4, 0.5) is 18.9 Å². The highest BCUT2D eigenvalue weighted by Crippen LogP contribution is 2.71. The first-order valence-corrected chi connectivity index (χ1v) is 8.21. The summed E-state index contributed by atoms with van der Waals surface area (Å²) in [6, 6.07) is 9.53. The van der Waals surface area contributed by atoms with Crippen LogP contribution in [0.5, 0.6) is 0 Å². The number of fused-ring (bicyclic) bond motifs is 2. The lowest BCUT2D eigenvalue weighted by molar-refractivity contribution is -0.157. The average Bonchev–Trinajstić information content (AvgIpc) is 2.86. The van der Waals surface area contributed by atoms with Gasteiger partial charge in [-0.1, -0.05) is 24.3 Å². The van der Waals surface area contributed by atoms with E-state index in [4.69, 9.17) is 0 Å². The number of benzene rings is 1. The zero-order chi connectivity index (χ0) is 17.3. The summed E-state index contributed by atoms with van der Waals surface area (Å²) in [6.07, 6.45) is -4.62. The third-order valence-electron chi connectivity index (χ3n) is 4.97. The van der Waals surface area contributed by atoms with Gasteiger partial charge in [-0.15, -0.1) is 11.3 Å². The topological polar surface area (TPSA) is 37.4 Å². The molecule has 2 unspecified atom stereocenters. The number of Topliss-reactive ketones (excluding diaryl/α,β-unsaturated/α-hetero) is 1. The number of halogens is 3. The molecule has 0 radical (unpaired) electrons. The number of anilines is 1. The summed E-state index contributed by atoms with van der Waals surface area (Å²) in [5, 5.41) is 1.64. The Hall–Kier alpha value is -2.15. The zero-order valence-electron chi connectivity index (χ0n) is 12.5. The van der Waals surface area contributed by atoms with E-state index in [0.29, 0.717) is 11.3 Å².